The third-order valence-corrected chi connectivity index (χ3v) is 3.80. The molecule has 1 unspecified atom stereocenters. The second-order valence-corrected chi connectivity index (χ2v) is 5.66. The summed E-state index contributed by atoms with van der Waals surface area (Å²) in [4.78, 5) is 11.8. The molecule has 1 aliphatic rings. The zero-order chi connectivity index (χ0) is 16.3. The minimum Gasteiger partial charge on any atom is -0.354 e. The lowest BCUT2D eigenvalue weighted by molar-refractivity contribution is -0.123. The van der Waals surface area contributed by atoms with E-state index in [-0.39, 0.29) is 5.91 Å². The summed E-state index contributed by atoms with van der Waals surface area (Å²) in [6.07, 6.45) is 3.79. The topological polar surface area (TPSA) is 59.0 Å². The predicted octanol–water partition coefficient (Wildman–Crippen LogP) is 1.53. The standard InChI is InChI=1S/C16H18F2N4O/c17-16(18)8-14(20-11-16)15(23)19-7-6-12-9-21-22(10-12)13-4-2-1-3-5-13/h1-5,9-10,14,20H,6-8,11H2,(H,19,23). The van der Waals surface area contributed by atoms with Gasteiger partial charge in [0.15, 0.2) is 0 Å². The van der Waals surface area contributed by atoms with Crippen LogP contribution in [0.15, 0.2) is 42.7 Å². The SMILES string of the molecule is O=C(NCCc1cnn(-c2ccccc2)c1)C1CC(F)(F)CN1. The number of amides is 1. The number of alkyl halides is 2. The smallest absolute Gasteiger partial charge is 0.262 e. The van der Waals surface area contributed by atoms with Crippen molar-refractivity contribution in [1.29, 1.82) is 0 Å². The molecule has 5 nitrogen and oxygen atoms in total. The van der Waals surface area contributed by atoms with Gasteiger partial charge in [0.2, 0.25) is 5.91 Å². The van der Waals surface area contributed by atoms with E-state index in [1.807, 2.05) is 36.5 Å². The number of nitrogens with zero attached hydrogens (tertiary/aromatic N) is 2. The molecule has 1 saturated heterocycles. The average molecular weight is 320 g/mol. The Morgan fingerprint density at radius 2 is 2.17 bits per heavy atom. The fourth-order valence-electron chi connectivity index (χ4n) is 2.57. The van der Waals surface area contributed by atoms with Crippen LogP contribution in [0.5, 0.6) is 0 Å². The molecule has 1 aliphatic heterocycles. The number of hydrogen-bond acceptors (Lipinski definition) is 3. The molecule has 1 fully saturated rings. The fourth-order valence-corrected chi connectivity index (χ4v) is 2.57. The third-order valence-electron chi connectivity index (χ3n) is 3.80. The van der Waals surface area contributed by atoms with E-state index in [1.54, 1.807) is 10.9 Å². The molecule has 2 heterocycles. The zero-order valence-corrected chi connectivity index (χ0v) is 12.5. The molecule has 1 aromatic carbocycles. The van der Waals surface area contributed by atoms with Crippen molar-refractivity contribution in [3.8, 4) is 5.69 Å². The van der Waals surface area contributed by atoms with Crippen molar-refractivity contribution in [2.24, 2.45) is 0 Å². The van der Waals surface area contributed by atoms with Gasteiger partial charge in [0.1, 0.15) is 0 Å². The quantitative estimate of drug-likeness (QED) is 0.878. The summed E-state index contributed by atoms with van der Waals surface area (Å²) in [7, 11) is 0. The normalized spacial score (nSPS) is 19.7. The molecule has 0 saturated carbocycles. The maximum Gasteiger partial charge on any atom is 0.262 e. The van der Waals surface area contributed by atoms with Gasteiger partial charge in [0, 0.05) is 19.2 Å². The second-order valence-electron chi connectivity index (χ2n) is 5.66. The molecule has 0 spiro atoms. The predicted molar refractivity (Wildman–Crippen MR) is 81.6 cm³/mol. The van der Waals surface area contributed by atoms with Gasteiger partial charge < -0.3 is 5.32 Å². The lowest BCUT2D eigenvalue weighted by Gasteiger charge is -2.10. The Morgan fingerprint density at radius 1 is 1.39 bits per heavy atom. The average Bonchev–Trinajstić information content (AvgIpc) is 3.14. The van der Waals surface area contributed by atoms with Crippen molar-refractivity contribution in [3.05, 3.63) is 48.3 Å². The van der Waals surface area contributed by atoms with Crippen molar-refractivity contribution in [2.75, 3.05) is 13.1 Å². The Balaban J connectivity index is 1.48. The highest BCUT2D eigenvalue weighted by Gasteiger charge is 2.42. The van der Waals surface area contributed by atoms with Crippen LogP contribution < -0.4 is 10.6 Å². The molecular weight excluding hydrogens is 302 g/mol. The Labute approximate surface area is 132 Å². The van der Waals surface area contributed by atoms with Crippen LogP contribution in [0.4, 0.5) is 8.78 Å². The first-order valence-corrected chi connectivity index (χ1v) is 7.51. The maximum absolute atomic E-state index is 13.1. The van der Waals surface area contributed by atoms with Gasteiger partial charge in [-0.2, -0.15) is 5.10 Å². The Kier molecular flexibility index (Phi) is 4.38. The Morgan fingerprint density at radius 3 is 2.87 bits per heavy atom. The summed E-state index contributed by atoms with van der Waals surface area (Å²) >= 11 is 0. The van der Waals surface area contributed by atoms with Crippen molar-refractivity contribution in [2.45, 2.75) is 24.8 Å². The Hall–Kier alpha value is -2.28. The number of carbonyl (C=O) groups excluding carboxylic acids is 1. The van der Waals surface area contributed by atoms with E-state index >= 15 is 0 Å². The highest BCUT2D eigenvalue weighted by atomic mass is 19.3. The van der Waals surface area contributed by atoms with Crippen LogP contribution in [-0.4, -0.2) is 40.7 Å². The summed E-state index contributed by atoms with van der Waals surface area (Å²) in [6, 6.07) is 8.89. The zero-order valence-electron chi connectivity index (χ0n) is 12.5. The minimum absolute atomic E-state index is 0.377. The van der Waals surface area contributed by atoms with E-state index < -0.39 is 24.9 Å². The number of aromatic nitrogens is 2. The van der Waals surface area contributed by atoms with Gasteiger partial charge in [-0.05, 0) is 24.1 Å². The monoisotopic (exact) mass is 320 g/mol. The molecule has 0 aliphatic carbocycles. The molecule has 2 N–H and O–H groups in total. The van der Waals surface area contributed by atoms with Crippen molar-refractivity contribution in [3.63, 3.8) is 0 Å². The van der Waals surface area contributed by atoms with Crippen LogP contribution in [0, 0.1) is 0 Å². The van der Waals surface area contributed by atoms with Crippen molar-refractivity contribution < 1.29 is 13.6 Å². The number of carbonyl (C=O) groups is 1. The van der Waals surface area contributed by atoms with Gasteiger partial charge in [0.25, 0.3) is 5.92 Å². The number of nitrogens with one attached hydrogen (secondary N) is 2. The number of para-hydroxylation sites is 1. The molecule has 0 radical (unpaired) electrons. The number of hydrogen-bond donors (Lipinski definition) is 2. The van der Waals surface area contributed by atoms with E-state index in [0.717, 1.165) is 11.3 Å². The van der Waals surface area contributed by atoms with Crippen molar-refractivity contribution >= 4 is 5.91 Å². The van der Waals surface area contributed by atoms with Gasteiger partial charge in [-0.1, -0.05) is 18.2 Å². The van der Waals surface area contributed by atoms with Gasteiger partial charge in [0.05, 0.1) is 24.5 Å². The first-order chi connectivity index (χ1) is 11.0. The molecule has 0 bridgehead atoms. The van der Waals surface area contributed by atoms with E-state index in [1.165, 1.54) is 0 Å². The van der Waals surface area contributed by atoms with Crippen LogP contribution in [0.1, 0.15) is 12.0 Å². The number of benzene rings is 1. The Bertz CT molecular complexity index is 672. The molecule has 1 atom stereocenters. The molecular formula is C16H18F2N4O. The van der Waals surface area contributed by atoms with E-state index in [0.29, 0.717) is 13.0 Å². The summed E-state index contributed by atoms with van der Waals surface area (Å²) < 4.78 is 27.9. The van der Waals surface area contributed by atoms with Gasteiger partial charge in [-0.25, -0.2) is 13.5 Å². The second kappa shape index (κ2) is 6.45. The van der Waals surface area contributed by atoms with Crippen LogP contribution in [0.3, 0.4) is 0 Å². The van der Waals surface area contributed by atoms with Crippen molar-refractivity contribution in [1.82, 2.24) is 20.4 Å². The molecule has 2 aromatic rings. The van der Waals surface area contributed by atoms with Gasteiger partial charge in [-0.3, -0.25) is 10.1 Å². The van der Waals surface area contributed by atoms with Crippen LogP contribution in [-0.2, 0) is 11.2 Å². The lowest BCUT2D eigenvalue weighted by atomic mass is 10.2. The van der Waals surface area contributed by atoms with Crippen LogP contribution in [0.2, 0.25) is 0 Å². The first-order valence-electron chi connectivity index (χ1n) is 7.51. The molecule has 3 rings (SSSR count). The highest BCUT2D eigenvalue weighted by molar-refractivity contribution is 5.82. The lowest BCUT2D eigenvalue weighted by Crippen LogP contribution is -2.41. The molecule has 122 valence electrons. The summed E-state index contributed by atoms with van der Waals surface area (Å²) in [5.41, 5.74) is 1.93. The first kappa shape index (κ1) is 15.6. The van der Waals surface area contributed by atoms with E-state index in [9.17, 15) is 13.6 Å². The number of rotatable bonds is 5. The largest absolute Gasteiger partial charge is 0.354 e. The highest BCUT2D eigenvalue weighted by Crippen LogP contribution is 2.24. The number of halogens is 2. The molecule has 7 heteroatoms. The summed E-state index contributed by atoms with van der Waals surface area (Å²) in [5.74, 6) is -3.17. The van der Waals surface area contributed by atoms with Crippen LogP contribution in [0.25, 0.3) is 5.69 Å². The third kappa shape index (κ3) is 3.92. The van der Waals surface area contributed by atoms with E-state index in [4.69, 9.17) is 0 Å². The minimum atomic E-state index is -2.79. The van der Waals surface area contributed by atoms with Gasteiger partial charge in [-0.15, -0.1) is 0 Å². The molecule has 23 heavy (non-hydrogen) atoms. The summed E-state index contributed by atoms with van der Waals surface area (Å²) in [6.45, 7) is -0.0437. The van der Waals surface area contributed by atoms with E-state index in [2.05, 4.69) is 15.7 Å². The van der Waals surface area contributed by atoms with Gasteiger partial charge >= 0.3 is 0 Å². The maximum atomic E-state index is 13.1. The molecule has 1 amide bonds. The molecule has 1 aromatic heterocycles. The van der Waals surface area contributed by atoms with Crippen LogP contribution >= 0.6 is 0 Å². The summed E-state index contributed by atoms with van der Waals surface area (Å²) in [5, 5.41) is 9.50. The fraction of sp³-hybridized carbons (Fsp3) is 0.375.